The number of hydrogen-bond acceptors (Lipinski definition) is 4. The van der Waals surface area contributed by atoms with Gasteiger partial charge >= 0.3 is 12.0 Å². The van der Waals surface area contributed by atoms with Crippen LogP contribution in [0, 0.1) is 0 Å². The molecule has 0 aromatic heterocycles. The first kappa shape index (κ1) is 24.6. The second kappa shape index (κ2) is 10.7. The third-order valence-electron chi connectivity index (χ3n) is 5.22. The van der Waals surface area contributed by atoms with Crippen LogP contribution in [0.1, 0.15) is 49.2 Å². The lowest BCUT2D eigenvalue weighted by Gasteiger charge is -2.35. The molecule has 2 aromatic rings. The average molecular weight is 490 g/mol. The predicted octanol–water partition coefficient (Wildman–Crippen LogP) is 5.56. The summed E-state index contributed by atoms with van der Waals surface area (Å²) in [6.07, 6.45) is 0.749. The van der Waals surface area contributed by atoms with Crippen LogP contribution >= 0.6 is 23.2 Å². The van der Waals surface area contributed by atoms with Gasteiger partial charge < -0.3 is 15.4 Å². The van der Waals surface area contributed by atoms with E-state index in [0.717, 1.165) is 6.42 Å². The number of carbonyl (C=O) groups excluding carboxylic acids is 3. The van der Waals surface area contributed by atoms with Crippen molar-refractivity contribution in [2.45, 2.75) is 33.2 Å². The molecule has 0 aliphatic carbocycles. The van der Waals surface area contributed by atoms with Crippen molar-refractivity contribution < 1.29 is 19.1 Å². The predicted molar refractivity (Wildman–Crippen MR) is 128 cm³/mol. The summed E-state index contributed by atoms with van der Waals surface area (Å²) in [6, 6.07) is 10.6. The van der Waals surface area contributed by atoms with E-state index in [2.05, 4.69) is 10.6 Å². The number of allylic oxidation sites excluding steroid dienone is 1. The van der Waals surface area contributed by atoms with Crippen molar-refractivity contribution in [2.24, 2.45) is 0 Å². The van der Waals surface area contributed by atoms with Crippen LogP contribution in [0.5, 0.6) is 0 Å². The quantitative estimate of drug-likeness (QED) is 0.498. The van der Waals surface area contributed by atoms with Crippen LogP contribution in [0.2, 0.25) is 10.0 Å². The fraction of sp³-hybridized carbons (Fsp3) is 0.292. The fourth-order valence-electron chi connectivity index (χ4n) is 3.60. The monoisotopic (exact) mass is 489 g/mol. The summed E-state index contributed by atoms with van der Waals surface area (Å²) in [4.78, 5) is 39.5. The zero-order valence-corrected chi connectivity index (χ0v) is 20.1. The maximum absolute atomic E-state index is 12.7. The van der Waals surface area contributed by atoms with Crippen LogP contribution in [0.4, 0.5) is 10.5 Å². The van der Waals surface area contributed by atoms with Crippen molar-refractivity contribution in [3.63, 3.8) is 0 Å². The molecule has 1 heterocycles. The van der Waals surface area contributed by atoms with E-state index in [-0.39, 0.29) is 18.5 Å². The molecule has 0 saturated carbocycles. The van der Waals surface area contributed by atoms with Gasteiger partial charge in [0.2, 0.25) is 0 Å². The zero-order valence-electron chi connectivity index (χ0n) is 18.6. The Hall–Kier alpha value is -3.03. The van der Waals surface area contributed by atoms with Gasteiger partial charge in [-0.3, -0.25) is 9.69 Å². The van der Waals surface area contributed by atoms with Crippen molar-refractivity contribution in [3.8, 4) is 0 Å². The Morgan fingerprint density at radius 2 is 1.79 bits per heavy atom. The van der Waals surface area contributed by atoms with Gasteiger partial charge in [0.05, 0.1) is 28.3 Å². The Kier molecular flexibility index (Phi) is 8.00. The molecule has 0 radical (unpaired) electrons. The molecule has 0 saturated heterocycles. The molecule has 0 spiro atoms. The Morgan fingerprint density at radius 3 is 2.39 bits per heavy atom. The molecule has 2 aromatic carbocycles. The first-order valence-electron chi connectivity index (χ1n) is 10.6. The van der Waals surface area contributed by atoms with Crippen LogP contribution < -0.4 is 10.6 Å². The molecule has 1 aliphatic heterocycles. The minimum absolute atomic E-state index is 0.226. The van der Waals surface area contributed by atoms with E-state index in [0.29, 0.717) is 44.7 Å². The van der Waals surface area contributed by atoms with Gasteiger partial charge in [0.15, 0.2) is 0 Å². The second-order valence-corrected chi connectivity index (χ2v) is 8.27. The highest BCUT2D eigenvalue weighted by Gasteiger charge is 2.36. The SMILES string of the molecule is CCCN1C(=O)N[C@@H](c2ccc(NC(=O)c3ccc(Cl)c(Cl)c3)cc2)C(C(=O)OCC)=C1C. The van der Waals surface area contributed by atoms with Gasteiger partial charge in [0.1, 0.15) is 0 Å². The standard InChI is InChI=1S/C24H25Cl2N3O4/c1-4-12-29-14(3)20(23(31)33-5-2)21(28-24(29)32)15-6-9-17(10-7-15)27-22(30)16-8-11-18(25)19(26)13-16/h6-11,13,21H,4-5,12H2,1-3H3,(H,27,30)(H,28,32)/t21-/m0/s1. The minimum Gasteiger partial charge on any atom is -0.463 e. The molecule has 3 amide bonds. The number of hydrogen-bond donors (Lipinski definition) is 2. The number of carbonyl (C=O) groups is 3. The van der Waals surface area contributed by atoms with Gasteiger partial charge in [0, 0.05) is 23.5 Å². The van der Waals surface area contributed by atoms with Crippen molar-refractivity contribution >= 4 is 46.8 Å². The van der Waals surface area contributed by atoms with Crippen LogP contribution in [0.25, 0.3) is 0 Å². The first-order valence-corrected chi connectivity index (χ1v) is 11.3. The van der Waals surface area contributed by atoms with Crippen molar-refractivity contribution in [1.29, 1.82) is 0 Å². The van der Waals surface area contributed by atoms with E-state index in [1.54, 1.807) is 55.1 Å². The minimum atomic E-state index is -0.663. The van der Waals surface area contributed by atoms with Gasteiger partial charge in [-0.15, -0.1) is 0 Å². The van der Waals surface area contributed by atoms with Crippen LogP contribution in [-0.4, -0.2) is 36.0 Å². The number of nitrogens with zero attached hydrogens (tertiary/aromatic N) is 1. The normalized spacial score (nSPS) is 15.8. The third kappa shape index (κ3) is 5.49. The van der Waals surface area contributed by atoms with E-state index in [9.17, 15) is 14.4 Å². The topological polar surface area (TPSA) is 87.7 Å². The molecule has 9 heteroatoms. The van der Waals surface area contributed by atoms with Gasteiger partial charge in [-0.1, -0.05) is 42.3 Å². The zero-order chi connectivity index (χ0) is 24.1. The molecule has 0 unspecified atom stereocenters. The molecule has 7 nitrogen and oxygen atoms in total. The molecular weight excluding hydrogens is 465 g/mol. The number of urea groups is 1. The van der Waals surface area contributed by atoms with E-state index in [1.165, 1.54) is 6.07 Å². The smallest absolute Gasteiger partial charge is 0.338 e. The molecule has 0 fully saturated rings. The second-order valence-electron chi connectivity index (χ2n) is 7.46. The van der Waals surface area contributed by atoms with Crippen LogP contribution in [-0.2, 0) is 9.53 Å². The highest BCUT2D eigenvalue weighted by Crippen LogP contribution is 2.32. The van der Waals surface area contributed by atoms with Gasteiger partial charge in [0.25, 0.3) is 5.91 Å². The van der Waals surface area contributed by atoms with E-state index in [1.807, 2.05) is 6.92 Å². The summed E-state index contributed by atoms with van der Waals surface area (Å²) in [5, 5.41) is 6.35. The van der Waals surface area contributed by atoms with Crippen LogP contribution in [0.15, 0.2) is 53.7 Å². The Labute approximate surface area is 202 Å². The van der Waals surface area contributed by atoms with Gasteiger partial charge in [-0.25, -0.2) is 9.59 Å². The maximum Gasteiger partial charge on any atom is 0.338 e. The first-order chi connectivity index (χ1) is 15.8. The average Bonchev–Trinajstić information content (AvgIpc) is 2.78. The van der Waals surface area contributed by atoms with Gasteiger partial charge in [-0.05, 0) is 56.2 Å². The summed E-state index contributed by atoms with van der Waals surface area (Å²) < 4.78 is 5.26. The number of halogens is 2. The number of esters is 1. The summed E-state index contributed by atoms with van der Waals surface area (Å²) in [7, 11) is 0. The van der Waals surface area contributed by atoms with E-state index in [4.69, 9.17) is 27.9 Å². The summed E-state index contributed by atoms with van der Waals surface area (Å²) >= 11 is 11.9. The van der Waals surface area contributed by atoms with Gasteiger partial charge in [-0.2, -0.15) is 0 Å². The van der Waals surface area contributed by atoms with Crippen molar-refractivity contribution in [1.82, 2.24) is 10.2 Å². The number of benzene rings is 2. The highest BCUT2D eigenvalue weighted by atomic mass is 35.5. The lowest BCUT2D eigenvalue weighted by atomic mass is 9.94. The molecule has 33 heavy (non-hydrogen) atoms. The lowest BCUT2D eigenvalue weighted by molar-refractivity contribution is -0.139. The fourth-order valence-corrected chi connectivity index (χ4v) is 3.90. The summed E-state index contributed by atoms with van der Waals surface area (Å²) in [5.41, 5.74) is 2.56. The largest absolute Gasteiger partial charge is 0.463 e. The third-order valence-corrected chi connectivity index (χ3v) is 5.96. The number of ether oxygens (including phenoxy) is 1. The summed E-state index contributed by atoms with van der Waals surface area (Å²) in [6.45, 7) is 6.16. The molecule has 174 valence electrons. The highest BCUT2D eigenvalue weighted by molar-refractivity contribution is 6.42. The van der Waals surface area contributed by atoms with E-state index < -0.39 is 12.0 Å². The van der Waals surface area contributed by atoms with Crippen molar-refractivity contribution in [2.75, 3.05) is 18.5 Å². The number of nitrogens with one attached hydrogen (secondary N) is 2. The molecular formula is C24H25Cl2N3O4. The lowest BCUT2D eigenvalue weighted by Crippen LogP contribution is -2.48. The van der Waals surface area contributed by atoms with Crippen LogP contribution in [0.3, 0.4) is 0 Å². The number of rotatable bonds is 7. The number of amides is 3. The number of anilines is 1. The molecule has 1 aliphatic rings. The summed E-state index contributed by atoms with van der Waals surface area (Å²) in [5.74, 6) is -0.816. The Balaban J connectivity index is 1.85. The van der Waals surface area contributed by atoms with E-state index >= 15 is 0 Å². The molecule has 2 N–H and O–H groups in total. The Bertz CT molecular complexity index is 1100. The molecule has 0 bridgehead atoms. The molecule has 1 atom stereocenters. The molecule has 3 rings (SSSR count). The maximum atomic E-state index is 12.7. The Morgan fingerprint density at radius 1 is 1.09 bits per heavy atom. The van der Waals surface area contributed by atoms with Crippen molar-refractivity contribution in [3.05, 3.63) is 74.9 Å².